The van der Waals surface area contributed by atoms with Gasteiger partial charge in [0.25, 0.3) is 5.69 Å². The predicted molar refractivity (Wildman–Crippen MR) is 62.9 cm³/mol. The van der Waals surface area contributed by atoms with Gasteiger partial charge in [0.15, 0.2) is 5.75 Å². The number of benzene rings is 1. The van der Waals surface area contributed by atoms with E-state index in [-0.39, 0.29) is 0 Å². The van der Waals surface area contributed by atoms with Crippen molar-refractivity contribution in [3.8, 4) is 5.75 Å². The third kappa shape index (κ3) is 4.75. The zero-order chi connectivity index (χ0) is 14.1. The van der Waals surface area contributed by atoms with Gasteiger partial charge in [0, 0.05) is 6.07 Å². The van der Waals surface area contributed by atoms with Crippen molar-refractivity contribution in [3.63, 3.8) is 0 Å². The lowest BCUT2D eigenvalue weighted by molar-refractivity contribution is -0.394. The molecule has 1 aromatic carbocycles. The molecule has 0 amide bonds. The van der Waals surface area contributed by atoms with Crippen molar-refractivity contribution in [1.82, 2.24) is 0 Å². The molecular formula is C10H10N2O6. The highest BCUT2D eigenvalue weighted by Crippen LogP contribution is 2.29. The molecule has 0 saturated carbocycles. The Morgan fingerprint density at radius 2 is 1.72 bits per heavy atom. The number of ether oxygens (including phenoxy) is 1. The molecule has 0 atom stereocenters. The van der Waals surface area contributed by atoms with Gasteiger partial charge in [0.2, 0.25) is 0 Å². The summed E-state index contributed by atoms with van der Waals surface area (Å²) < 4.78 is 4.36. The van der Waals surface area contributed by atoms with Crippen LogP contribution in [0.15, 0.2) is 43.9 Å². The van der Waals surface area contributed by atoms with Crippen molar-refractivity contribution in [2.24, 2.45) is 0 Å². The minimum atomic E-state index is -0.887. The van der Waals surface area contributed by atoms with E-state index in [2.05, 4.69) is 17.9 Å². The zero-order valence-electron chi connectivity index (χ0n) is 9.18. The molecule has 0 aliphatic rings. The van der Waals surface area contributed by atoms with Gasteiger partial charge in [-0.15, -0.1) is 0 Å². The smallest absolute Gasteiger partial charge is 0.317 e. The molecule has 0 aliphatic carbocycles. The fourth-order valence-corrected chi connectivity index (χ4v) is 0.840. The van der Waals surface area contributed by atoms with Crippen LogP contribution in [0.2, 0.25) is 0 Å². The highest BCUT2D eigenvalue weighted by atomic mass is 16.6. The topological polar surface area (TPSA) is 116 Å². The van der Waals surface area contributed by atoms with E-state index in [0.717, 1.165) is 12.1 Å². The van der Waals surface area contributed by atoms with Crippen molar-refractivity contribution in [2.45, 2.75) is 0 Å². The van der Waals surface area contributed by atoms with Gasteiger partial charge in [-0.25, -0.2) is 0 Å². The van der Waals surface area contributed by atoms with Crippen LogP contribution in [-0.4, -0.2) is 15.0 Å². The molecule has 0 saturated heterocycles. The fourth-order valence-electron chi connectivity index (χ4n) is 0.840. The first-order chi connectivity index (χ1) is 8.43. The Bertz CT molecular complexity index is 465. The highest BCUT2D eigenvalue weighted by molar-refractivity contribution is 5.52. The lowest BCUT2D eigenvalue weighted by atomic mass is 10.2. The lowest BCUT2D eigenvalue weighted by Gasteiger charge is -1.94. The van der Waals surface area contributed by atoms with E-state index in [1.165, 1.54) is 12.5 Å². The minimum absolute atomic E-state index is 0.426. The molecular weight excluding hydrogens is 244 g/mol. The van der Waals surface area contributed by atoms with Crippen LogP contribution in [0.3, 0.4) is 0 Å². The van der Waals surface area contributed by atoms with Crippen molar-refractivity contribution < 1.29 is 19.7 Å². The first-order valence-corrected chi connectivity index (χ1v) is 4.43. The van der Waals surface area contributed by atoms with E-state index in [9.17, 15) is 20.2 Å². The molecule has 0 aromatic heterocycles. The van der Waals surface area contributed by atoms with Crippen molar-refractivity contribution in [1.29, 1.82) is 0 Å². The molecule has 0 fully saturated rings. The minimum Gasteiger partial charge on any atom is -0.502 e. The molecule has 1 rings (SSSR count). The van der Waals surface area contributed by atoms with Crippen LogP contribution in [0.1, 0.15) is 0 Å². The van der Waals surface area contributed by atoms with E-state index >= 15 is 0 Å². The molecule has 0 bridgehead atoms. The standard InChI is InChI=1S/C6H4N2O5.C4H6O/c9-6-2-1-4(7(10)11)3-5(6)8(12)13;1-3-5-4-2/h1-3,9H;3-4H,1-2H2. The van der Waals surface area contributed by atoms with Gasteiger partial charge >= 0.3 is 5.69 Å². The summed E-state index contributed by atoms with van der Waals surface area (Å²) in [6, 6.07) is 2.61. The summed E-state index contributed by atoms with van der Waals surface area (Å²) in [7, 11) is 0. The number of phenols is 1. The maximum absolute atomic E-state index is 10.2. The van der Waals surface area contributed by atoms with Crippen molar-refractivity contribution in [3.05, 3.63) is 64.1 Å². The van der Waals surface area contributed by atoms with Crippen LogP contribution in [0.5, 0.6) is 5.75 Å². The summed E-state index contributed by atoms with van der Waals surface area (Å²) in [5.74, 6) is -0.587. The zero-order valence-corrected chi connectivity index (χ0v) is 9.18. The van der Waals surface area contributed by atoms with E-state index in [1.54, 1.807) is 0 Å². The molecule has 1 N–H and O–H groups in total. The molecule has 1 aromatic rings. The Labute approximate surface area is 102 Å². The Morgan fingerprint density at radius 1 is 1.17 bits per heavy atom. The van der Waals surface area contributed by atoms with Crippen LogP contribution < -0.4 is 0 Å². The molecule has 0 unspecified atom stereocenters. The second kappa shape index (κ2) is 7.39. The third-order valence-corrected chi connectivity index (χ3v) is 1.56. The first-order valence-electron chi connectivity index (χ1n) is 4.43. The van der Waals surface area contributed by atoms with Gasteiger partial charge < -0.3 is 9.84 Å². The number of aromatic hydroxyl groups is 1. The molecule has 8 heteroatoms. The Hall–Kier alpha value is -2.90. The van der Waals surface area contributed by atoms with Crippen molar-refractivity contribution in [2.75, 3.05) is 0 Å². The number of hydrogen-bond acceptors (Lipinski definition) is 6. The summed E-state index contributed by atoms with van der Waals surface area (Å²) in [5, 5.41) is 29.3. The van der Waals surface area contributed by atoms with Crippen LogP contribution >= 0.6 is 0 Å². The third-order valence-electron chi connectivity index (χ3n) is 1.56. The van der Waals surface area contributed by atoms with Crippen LogP contribution in [0.4, 0.5) is 11.4 Å². The van der Waals surface area contributed by atoms with Gasteiger partial charge in [0.1, 0.15) is 0 Å². The number of non-ortho nitro benzene ring substituents is 1. The second-order valence-corrected chi connectivity index (χ2v) is 2.66. The number of phenolic OH excluding ortho intramolecular Hbond substituents is 1. The average molecular weight is 254 g/mol. The highest BCUT2D eigenvalue weighted by Gasteiger charge is 2.18. The lowest BCUT2D eigenvalue weighted by Crippen LogP contribution is -1.92. The number of rotatable bonds is 4. The summed E-state index contributed by atoms with van der Waals surface area (Å²) in [6.45, 7) is 6.51. The number of nitrogens with zero attached hydrogens (tertiary/aromatic N) is 2. The van der Waals surface area contributed by atoms with Crippen LogP contribution in [-0.2, 0) is 4.74 Å². The Balaban J connectivity index is 0.000000494. The quantitative estimate of drug-likeness (QED) is 0.501. The monoisotopic (exact) mass is 254 g/mol. The molecule has 96 valence electrons. The molecule has 8 nitrogen and oxygen atoms in total. The summed E-state index contributed by atoms with van der Waals surface area (Å²) in [4.78, 5) is 18.7. The van der Waals surface area contributed by atoms with Gasteiger partial charge in [-0.3, -0.25) is 20.2 Å². The molecule has 0 radical (unpaired) electrons. The van der Waals surface area contributed by atoms with E-state index in [0.29, 0.717) is 6.07 Å². The number of hydrogen-bond donors (Lipinski definition) is 1. The number of nitro benzene ring substituents is 2. The largest absolute Gasteiger partial charge is 0.502 e. The van der Waals surface area contributed by atoms with Crippen LogP contribution in [0.25, 0.3) is 0 Å². The van der Waals surface area contributed by atoms with E-state index in [1.807, 2.05) is 0 Å². The predicted octanol–water partition coefficient (Wildman–Crippen LogP) is 2.50. The van der Waals surface area contributed by atoms with Crippen molar-refractivity contribution >= 4 is 11.4 Å². The summed E-state index contributed by atoms with van der Waals surface area (Å²) in [6.07, 6.45) is 2.62. The number of nitro groups is 2. The second-order valence-electron chi connectivity index (χ2n) is 2.66. The first kappa shape index (κ1) is 15.1. The summed E-state index contributed by atoms with van der Waals surface area (Å²) >= 11 is 0. The van der Waals surface area contributed by atoms with Gasteiger partial charge in [-0.2, -0.15) is 0 Å². The molecule has 18 heavy (non-hydrogen) atoms. The normalized spacial score (nSPS) is 8.44. The van der Waals surface area contributed by atoms with E-state index < -0.39 is 27.0 Å². The van der Waals surface area contributed by atoms with Gasteiger partial charge in [-0.1, -0.05) is 13.2 Å². The van der Waals surface area contributed by atoms with Gasteiger partial charge in [0.05, 0.1) is 28.4 Å². The molecule has 0 aliphatic heterocycles. The van der Waals surface area contributed by atoms with E-state index in [4.69, 9.17) is 5.11 Å². The Kier molecular flexibility index (Phi) is 6.20. The molecule has 0 spiro atoms. The molecule has 0 heterocycles. The Morgan fingerprint density at radius 3 is 2.06 bits per heavy atom. The average Bonchev–Trinajstić information content (AvgIpc) is 2.30. The fraction of sp³-hybridized carbons (Fsp3) is 0. The summed E-state index contributed by atoms with van der Waals surface area (Å²) in [5.41, 5.74) is -1.10. The van der Waals surface area contributed by atoms with Crippen LogP contribution in [0, 0.1) is 20.2 Å². The van der Waals surface area contributed by atoms with Gasteiger partial charge in [-0.05, 0) is 6.07 Å². The maximum atomic E-state index is 10.2. The SMILES string of the molecule is C=COC=C.O=[N+]([O-])c1ccc(O)c([N+](=O)[O-])c1. The maximum Gasteiger partial charge on any atom is 0.317 e.